The van der Waals surface area contributed by atoms with E-state index in [4.69, 9.17) is 0 Å². The van der Waals surface area contributed by atoms with Gasteiger partial charge in [-0.15, -0.1) is 0 Å². The molecule has 4 heteroatoms. The summed E-state index contributed by atoms with van der Waals surface area (Å²) in [6, 6.07) is 10.3. The SMILES string of the molecule is Cc1ccccc1.c1c[nH]cn1.c1c[nH]cn1. The molecule has 2 heterocycles. The Hall–Kier alpha value is -2.36. The van der Waals surface area contributed by atoms with Crippen LogP contribution in [0, 0.1) is 6.92 Å². The average molecular weight is 228 g/mol. The number of aromatic nitrogens is 4. The predicted molar refractivity (Wildman–Crippen MR) is 68.4 cm³/mol. The van der Waals surface area contributed by atoms with Gasteiger partial charge in [0.15, 0.2) is 0 Å². The van der Waals surface area contributed by atoms with E-state index in [9.17, 15) is 0 Å². The van der Waals surface area contributed by atoms with Crippen LogP contribution in [-0.4, -0.2) is 19.9 Å². The number of imidazole rings is 2. The normalized spacial score (nSPS) is 8.29. The van der Waals surface area contributed by atoms with Crippen molar-refractivity contribution in [2.24, 2.45) is 0 Å². The Bertz CT molecular complexity index is 371. The van der Waals surface area contributed by atoms with Crippen LogP contribution in [0.2, 0.25) is 0 Å². The largest absolute Gasteiger partial charge is 0.351 e. The highest BCUT2D eigenvalue weighted by Gasteiger charge is 1.72. The van der Waals surface area contributed by atoms with Crippen molar-refractivity contribution in [2.45, 2.75) is 6.92 Å². The van der Waals surface area contributed by atoms with E-state index in [-0.39, 0.29) is 0 Å². The number of nitrogens with one attached hydrogen (secondary N) is 2. The van der Waals surface area contributed by atoms with Crippen LogP contribution in [0.15, 0.2) is 67.8 Å². The highest BCUT2D eigenvalue weighted by atomic mass is 14.8. The van der Waals surface area contributed by atoms with Crippen LogP contribution in [0.1, 0.15) is 5.56 Å². The van der Waals surface area contributed by atoms with Crippen molar-refractivity contribution in [3.05, 3.63) is 73.3 Å². The molecule has 0 aliphatic carbocycles. The second kappa shape index (κ2) is 8.91. The van der Waals surface area contributed by atoms with Crippen LogP contribution < -0.4 is 0 Å². The maximum Gasteiger partial charge on any atom is 0.0919 e. The van der Waals surface area contributed by atoms with Crippen molar-refractivity contribution in [1.29, 1.82) is 0 Å². The van der Waals surface area contributed by atoms with Crippen molar-refractivity contribution in [3.63, 3.8) is 0 Å². The molecule has 0 bridgehead atoms. The molecule has 0 atom stereocenters. The minimum absolute atomic E-state index is 1.32. The lowest BCUT2D eigenvalue weighted by Crippen LogP contribution is -1.62. The van der Waals surface area contributed by atoms with Gasteiger partial charge in [0.05, 0.1) is 12.7 Å². The summed E-state index contributed by atoms with van der Waals surface area (Å²) in [5.41, 5.74) is 1.32. The summed E-state index contributed by atoms with van der Waals surface area (Å²) in [6.07, 6.45) is 10.2. The van der Waals surface area contributed by atoms with Crippen LogP contribution in [-0.2, 0) is 0 Å². The standard InChI is InChI=1S/C7H8.2C3H4N2/c1-7-5-3-2-4-6-7;2*1-2-5-3-4-1/h2-6H,1H3;2*1-3H,(H,4,5). The molecule has 3 rings (SSSR count). The summed E-state index contributed by atoms with van der Waals surface area (Å²) in [6.45, 7) is 2.08. The van der Waals surface area contributed by atoms with E-state index in [0.29, 0.717) is 0 Å². The minimum Gasteiger partial charge on any atom is -0.351 e. The van der Waals surface area contributed by atoms with Crippen molar-refractivity contribution >= 4 is 0 Å². The van der Waals surface area contributed by atoms with Gasteiger partial charge in [-0.05, 0) is 6.92 Å². The lowest BCUT2D eigenvalue weighted by Gasteiger charge is -1.82. The monoisotopic (exact) mass is 228 g/mol. The zero-order chi connectivity index (χ0) is 12.2. The van der Waals surface area contributed by atoms with Gasteiger partial charge in [-0.3, -0.25) is 0 Å². The second-order valence-electron chi connectivity index (χ2n) is 3.18. The zero-order valence-corrected chi connectivity index (χ0v) is 9.75. The number of H-pyrrole nitrogens is 2. The van der Waals surface area contributed by atoms with Crippen LogP contribution in [0.3, 0.4) is 0 Å². The fourth-order valence-electron chi connectivity index (χ4n) is 0.965. The Labute approximate surface area is 101 Å². The fourth-order valence-corrected chi connectivity index (χ4v) is 0.965. The molecule has 0 saturated carbocycles. The smallest absolute Gasteiger partial charge is 0.0919 e. The molecule has 3 aromatic rings. The first-order valence-electron chi connectivity index (χ1n) is 5.26. The van der Waals surface area contributed by atoms with Gasteiger partial charge in [0.25, 0.3) is 0 Å². The number of nitrogens with zero attached hydrogens (tertiary/aromatic N) is 2. The molecule has 0 fully saturated rings. The molecule has 17 heavy (non-hydrogen) atoms. The average Bonchev–Trinajstić information content (AvgIpc) is 3.09. The first-order chi connectivity index (χ1) is 8.39. The number of benzene rings is 1. The molecular weight excluding hydrogens is 212 g/mol. The molecule has 0 aliphatic heterocycles. The Morgan fingerprint density at radius 2 is 1.35 bits per heavy atom. The van der Waals surface area contributed by atoms with E-state index in [1.54, 1.807) is 37.4 Å². The summed E-state index contributed by atoms with van der Waals surface area (Å²) < 4.78 is 0. The van der Waals surface area contributed by atoms with Gasteiger partial charge >= 0.3 is 0 Å². The number of hydrogen-bond donors (Lipinski definition) is 2. The van der Waals surface area contributed by atoms with Gasteiger partial charge in [-0.1, -0.05) is 35.9 Å². The first kappa shape index (κ1) is 12.7. The molecule has 0 unspecified atom stereocenters. The van der Waals surface area contributed by atoms with Gasteiger partial charge in [0, 0.05) is 24.8 Å². The Morgan fingerprint density at radius 3 is 1.53 bits per heavy atom. The molecule has 0 aliphatic rings. The van der Waals surface area contributed by atoms with Gasteiger partial charge in [0.2, 0.25) is 0 Å². The lowest BCUT2D eigenvalue weighted by molar-refractivity contribution is 1.31. The molecule has 2 aromatic heterocycles. The molecule has 1 aromatic carbocycles. The zero-order valence-electron chi connectivity index (χ0n) is 9.75. The number of aromatic amines is 2. The third-order valence-electron chi connectivity index (χ3n) is 1.75. The predicted octanol–water partition coefficient (Wildman–Crippen LogP) is 2.81. The van der Waals surface area contributed by atoms with E-state index in [1.807, 2.05) is 18.2 Å². The summed E-state index contributed by atoms with van der Waals surface area (Å²) in [7, 11) is 0. The van der Waals surface area contributed by atoms with Crippen molar-refractivity contribution in [3.8, 4) is 0 Å². The molecule has 88 valence electrons. The quantitative estimate of drug-likeness (QED) is 0.621. The molecule has 2 N–H and O–H groups in total. The topological polar surface area (TPSA) is 57.4 Å². The molecule has 4 nitrogen and oxygen atoms in total. The summed E-state index contributed by atoms with van der Waals surface area (Å²) in [5, 5.41) is 0. The molecular formula is C13H16N4. The van der Waals surface area contributed by atoms with Crippen molar-refractivity contribution in [2.75, 3.05) is 0 Å². The lowest BCUT2D eigenvalue weighted by atomic mass is 10.2. The van der Waals surface area contributed by atoms with Gasteiger partial charge in [-0.2, -0.15) is 0 Å². The molecule has 0 saturated heterocycles. The highest BCUT2D eigenvalue weighted by Crippen LogP contribution is 1.92. The van der Waals surface area contributed by atoms with E-state index >= 15 is 0 Å². The third-order valence-corrected chi connectivity index (χ3v) is 1.75. The van der Waals surface area contributed by atoms with E-state index < -0.39 is 0 Å². The van der Waals surface area contributed by atoms with Crippen LogP contribution >= 0.6 is 0 Å². The van der Waals surface area contributed by atoms with E-state index in [1.165, 1.54) is 5.56 Å². The molecule has 0 amide bonds. The van der Waals surface area contributed by atoms with Crippen LogP contribution in [0.25, 0.3) is 0 Å². The Morgan fingerprint density at radius 1 is 0.824 bits per heavy atom. The van der Waals surface area contributed by atoms with Gasteiger partial charge in [0.1, 0.15) is 0 Å². The summed E-state index contributed by atoms with van der Waals surface area (Å²) in [4.78, 5) is 12.8. The van der Waals surface area contributed by atoms with Crippen LogP contribution in [0.4, 0.5) is 0 Å². The number of aryl methyl sites for hydroxylation is 1. The number of hydrogen-bond acceptors (Lipinski definition) is 2. The summed E-state index contributed by atoms with van der Waals surface area (Å²) >= 11 is 0. The maximum absolute atomic E-state index is 3.67. The maximum atomic E-state index is 3.67. The van der Waals surface area contributed by atoms with E-state index in [2.05, 4.69) is 39.0 Å². The Balaban J connectivity index is 0.000000130. The minimum atomic E-state index is 1.32. The third kappa shape index (κ3) is 7.56. The first-order valence-corrected chi connectivity index (χ1v) is 5.26. The fraction of sp³-hybridized carbons (Fsp3) is 0.0769. The number of rotatable bonds is 0. The molecule has 0 radical (unpaired) electrons. The van der Waals surface area contributed by atoms with Crippen LogP contribution in [0.5, 0.6) is 0 Å². The second-order valence-corrected chi connectivity index (χ2v) is 3.18. The summed E-state index contributed by atoms with van der Waals surface area (Å²) in [5.74, 6) is 0. The van der Waals surface area contributed by atoms with Crippen molar-refractivity contribution in [1.82, 2.24) is 19.9 Å². The Kier molecular flexibility index (Phi) is 6.66. The highest BCUT2D eigenvalue weighted by molar-refractivity contribution is 5.11. The van der Waals surface area contributed by atoms with Gasteiger partial charge < -0.3 is 9.97 Å². The molecule has 0 spiro atoms. The van der Waals surface area contributed by atoms with Crippen molar-refractivity contribution < 1.29 is 0 Å². The van der Waals surface area contributed by atoms with Gasteiger partial charge in [-0.25, -0.2) is 9.97 Å². The van der Waals surface area contributed by atoms with E-state index in [0.717, 1.165) is 0 Å².